The van der Waals surface area contributed by atoms with Crippen LogP contribution < -0.4 is 15.9 Å². The summed E-state index contributed by atoms with van der Waals surface area (Å²) in [5.74, 6) is -3.17. The summed E-state index contributed by atoms with van der Waals surface area (Å²) in [4.78, 5) is 33.8. The highest BCUT2D eigenvalue weighted by molar-refractivity contribution is 5.84. The predicted octanol–water partition coefficient (Wildman–Crippen LogP) is -2.04. The van der Waals surface area contributed by atoms with Crippen LogP contribution in [0.15, 0.2) is 0 Å². The number of carbonyl (C=O) groups excluding carboxylic acids is 3. The van der Waals surface area contributed by atoms with Crippen molar-refractivity contribution >= 4 is 18.0 Å². The first-order chi connectivity index (χ1) is 8.43. The lowest BCUT2D eigenvalue weighted by Gasteiger charge is -2.39. The van der Waals surface area contributed by atoms with E-state index in [2.05, 4.69) is 0 Å². The lowest BCUT2D eigenvalue weighted by atomic mass is 9.93. The van der Waals surface area contributed by atoms with Gasteiger partial charge in [0.1, 0.15) is 0 Å². The summed E-state index contributed by atoms with van der Waals surface area (Å²) in [5.41, 5.74) is 5.16. The van der Waals surface area contributed by atoms with Crippen LogP contribution in [-0.4, -0.2) is 35.0 Å². The molecule has 0 spiro atoms. The van der Waals surface area contributed by atoms with Gasteiger partial charge in [0.05, 0.1) is 12.0 Å². The van der Waals surface area contributed by atoms with Gasteiger partial charge in [0.15, 0.2) is 0 Å². The van der Waals surface area contributed by atoms with Gasteiger partial charge in [-0.3, -0.25) is 0 Å². The van der Waals surface area contributed by atoms with Gasteiger partial charge in [-0.25, -0.2) is 4.79 Å². The Hall–Kier alpha value is -1.79. The van der Waals surface area contributed by atoms with Crippen LogP contribution in [0.2, 0.25) is 0 Å². The molecule has 1 aliphatic carbocycles. The van der Waals surface area contributed by atoms with Gasteiger partial charge < -0.3 is 30.4 Å². The SMILES string of the molecule is NC(=O)N(C1CCCCC1)C(CC(=O)[O-])C(=O)[O-]. The quantitative estimate of drug-likeness (QED) is 0.606. The van der Waals surface area contributed by atoms with E-state index in [0.29, 0.717) is 12.8 Å². The molecule has 1 unspecified atom stereocenters. The lowest BCUT2D eigenvalue weighted by molar-refractivity contribution is -0.320. The Labute approximate surface area is 105 Å². The smallest absolute Gasteiger partial charge is 0.315 e. The molecule has 2 amide bonds. The van der Waals surface area contributed by atoms with Crippen LogP contribution in [0.5, 0.6) is 0 Å². The highest BCUT2D eigenvalue weighted by Gasteiger charge is 2.31. The van der Waals surface area contributed by atoms with E-state index >= 15 is 0 Å². The minimum Gasteiger partial charge on any atom is -0.550 e. The topological polar surface area (TPSA) is 127 Å². The molecule has 7 nitrogen and oxygen atoms in total. The first kappa shape index (κ1) is 14.3. The number of aliphatic carboxylic acids is 2. The second-order valence-corrected chi connectivity index (χ2v) is 4.45. The summed E-state index contributed by atoms with van der Waals surface area (Å²) in [6.07, 6.45) is 3.18. The van der Waals surface area contributed by atoms with E-state index in [1.54, 1.807) is 0 Å². The van der Waals surface area contributed by atoms with Crippen molar-refractivity contribution in [2.24, 2.45) is 5.73 Å². The highest BCUT2D eigenvalue weighted by Crippen LogP contribution is 2.24. The molecule has 1 fully saturated rings. The van der Waals surface area contributed by atoms with Crippen LogP contribution in [0.25, 0.3) is 0 Å². The fourth-order valence-corrected chi connectivity index (χ4v) is 2.40. The molecule has 0 aromatic carbocycles. The van der Waals surface area contributed by atoms with E-state index in [1.807, 2.05) is 0 Å². The number of nitrogens with zero attached hydrogens (tertiary/aromatic N) is 1. The summed E-state index contributed by atoms with van der Waals surface area (Å²) in [6.45, 7) is 0. The average molecular weight is 256 g/mol. The van der Waals surface area contributed by atoms with Gasteiger partial charge in [-0.05, 0) is 12.8 Å². The zero-order valence-corrected chi connectivity index (χ0v) is 9.96. The Bertz CT molecular complexity index is 338. The third-order valence-electron chi connectivity index (χ3n) is 3.19. The minimum absolute atomic E-state index is 0.335. The van der Waals surface area contributed by atoms with E-state index in [0.717, 1.165) is 24.2 Å². The summed E-state index contributed by atoms with van der Waals surface area (Å²) < 4.78 is 0. The van der Waals surface area contributed by atoms with Gasteiger partial charge in [-0.15, -0.1) is 0 Å². The zero-order valence-electron chi connectivity index (χ0n) is 9.96. The molecule has 1 rings (SSSR count). The number of carbonyl (C=O) groups is 3. The molecule has 102 valence electrons. The molecule has 0 aromatic rings. The summed E-state index contributed by atoms with van der Waals surface area (Å²) in [7, 11) is 0. The van der Waals surface area contributed by atoms with Gasteiger partial charge in [-0.2, -0.15) is 0 Å². The van der Waals surface area contributed by atoms with Crippen LogP contribution in [0, 0.1) is 0 Å². The number of rotatable bonds is 5. The summed E-state index contributed by atoms with van der Waals surface area (Å²) >= 11 is 0. The minimum atomic E-state index is -1.62. The second kappa shape index (κ2) is 6.23. The third-order valence-corrected chi connectivity index (χ3v) is 3.19. The molecule has 0 bridgehead atoms. The maximum Gasteiger partial charge on any atom is 0.315 e. The number of carboxylic acid groups (broad SMARTS) is 2. The van der Waals surface area contributed by atoms with Gasteiger partial charge in [0, 0.05) is 18.4 Å². The van der Waals surface area contributed by atoms with Crippen LogP contribution in [-0.2, 0) is 9.59 Å². The van der Waals surface area contributed by atoms with Crippen LogP contribution in [0.1, 0.15) is 38.5 Å². The Morgan fingerprint density at radius 2 is 1.72 bits per heavy atom. The fraction of sp³-hybridized carbons (Fsp3) is 0.727. The van der Waals surface area contributed by atoms with Crippen molar-refractivity contribution in [2.45, 2.75) is 50.6 Å². The number of nitrogens with two attached hydrogens (primary N) is 1. The van der Waals surface area contributed by atoms with Crippen molar-refractivity contribution in [2.75, 3.05) is 0 Å². The molecular formula is C11H16N2O5-2. The van der Waals surface area contributed by atoms with Crippen molar-refractivity contribution in [3.05, 3.63) is 0 Å². The Morgan fingerprint density at radius 1 is 1.17 bits per heavy atom. The molecule has 1 saturated carbocycles. The third kappa shape index (κ3) is 3.61. The second-order valence-electron chi connectivity index (χ2n) is 4.45. The molecule has 1 atom stereocenters. The standard InChI is InChI=1S/C11H18N2O5/c12-11(18)13(7-4-2-1-3-5-7)8(10(16)17)6-9(14)15/h7-8H,1-6H2,(H2,12,18)(H,14,15)(H,16,17)/p-2. The summed E-state index contributed by atoms with van der Waals surface area (Å²) in [6, 6.07) is -2.83. The predicted molar refractivity (Wildman–Crippen MR) is 56.7 cm³/mol. The highest BCUT2D eigenvalue weighted by atomic mass is 16.4. The van der Waals surface area contributed by atoms with Gasteiger partial charge in [-0.1, -0.05) is 19.3 Å². The van der Waals surface area contributed by atoms with Crippen LogP contribution in [0.3, 0.4) is 0 Å². The molecule has 2 N–H and O–H groups in total. The van der Waals surface area contributed by atoms with Crippen LogP contribution >= 0.6 is 0 Å². The van der Waals surface area contributed by atoms with E-state index in [4.69, 9.17) is 5.73 Å². The Morgan fingerprint density at radius 3 is 2.11 bits per heavy atom. The number of amides is 2. The van der Waals surface area contributed by atoms with Crippen molar-refractivity contribution < 1.29 is 24.6 Å². The van der Waals surface area contributed by atoms with Crippen LogP contribution in [0.4, 0.5) is 4.79 Å². The number of hydrogen-bond acceptors (Lipinski definition) is 5. The fourth-order valence-electron chi connectivity index (χ4n) is 2.40. The van der Waals surface area contributed by atoms with E-state index in [1.165, 1.54) is 0 Å². The van der Waals surface area contributed by atoms with E-state index in [-0.39, 0.29) is 6.04 Å². The lowest BCUT2D eigenvalue weighted by Crippen LogP contribution is -2.58. The zero-order chi connectivity index (χ0) is 13.7. The molecule has 0 aromatic heterocycles. The normalized spacial score (nSPS) is 18.0. The maximum atomic E-state index is 11.4. The first-order valence-electron chi connectivity index (χ1n) is 5.92. The largest absolute Gasteiger partial charge is 0.550 e. The number of primary amides is 1. The van der Waals surface area contributed by atoms with E-state index in [9.17, 15) is 24.6 Å². The molecule has 0 saturated heterocycles. The maximum absolute atomic E-state index is 11.4. The molecule has 0 heterocycles. The number of urea groups is 1. The molecular weight excluding hydrogens is 240 g/mol. The molecule has 0 radical (unpaired) electrons. The Balaban J connectivity index is 2.88. The van der Waals surface area contributed by atoms with Crippen molar-refractivity contribution in [3.63, 3.8) is 0 Å². The van der Waals surface area contributed by atoms with Gasteiger partial charge in [0.2, 0.25) is 0 Å². The van der Waals surface area contributed by atoms with Crippen molar-refractivity contribution in [1.82, 2.24) is 4.90 Å². The van der Waals surface area contributed by atoms with Gasteiger partial charge in [0.25, 0.3) is 0 Å². The number of carboxylic acids is 2. The van der Waals surface area contributed by atoms with E-state index < -0.39 is 30.4 Å². The molecule has 1 aliphatic rings. The average Bonchev–Trinajstić information content (AvgIpc) is 2.28. The molecule has 7 heteroatoms. The molecule has 18 heavy (non-hydrogen) atoms. The Kier molecular flexibility index (Phi) is 4.94. The first-order valence-corrected chi connectivity index (χ1v) is 5.92. The van der Waals surface area contributed by atoms with Crippen molar-refractivity contribution in [3.8, 4) is 0 Å². The van der Waals surface area contributed by atoms with Crippen molar-refractivity contribution in [1.29, 1.82) is 0 Å². The van der Waals surface area contributed by atoms with Gasteiger partial charge >= 0.3 is 6.03 Å². The summed E-state index contributed by atoms with van der Waals surface area (Å²) in [5, 5.41) is 21.5. The number of hydrogen-bond donors (Lipinski definition) is 1. The monoisotopic (exact) mass is 256 g/mol. The molecule has 0 aliphatic heterocycles.